The van der Waals surface area contributed by atoms with E-state index in [0.29, 0.717) is 10.8 Å². The van der Waals surface area contributed by atoms with Gasteiger partial charge < -0.3 is 19.7 Å². The van der Waals surface area contributed by atoms with Crippen molar-refractivity contribution in [1.82, 2.24) is 0 Å². The molecule has 6 heteroatoms. The molecule has 1 aliphatic heterocycles. The molecule has 26 heavy (non-hydrogen) atoms. The number of morpholine rings is 1. The lowest BCUT2D eigenvalue weighted by atomic mass is 10.1. The number of nitrogens with zero attached hydrogens (tertiary/aromatic N) is 1. The van der Waals surface area contributed by atoms with Crippen molar-refractivity contribution >= 4 is 28.9 Å². The van der Waals surface area contributed by atoms with Crippen molar-refractivity contribution in [1.29, 1.82) is 0 Å². The van der Waals surface area contributed by atoms with Crippen molar-refractivity contribution in [2.75, 3.05) is 36.5 Å². The van der Waals surface area contributed by atoms with Crippen molar-refractivity contribution < 1.29 is 14.3 Å². The Kier molecular flexibility index (Phi) is 6.01. The highest BCUT2D eigenvalue weighted by Crippen LogP contribution is 2.24. The number of anilines is 2. The molecule has 0 radical (unpaired) electrons. The number of carbonyl (C=O) groups is 1. The molecule has 1 heterocycles. The molecule has 1 unspecified atom stereocenters. The van der Waals surface area contributed by atoms with E-state index in [2.05, 4.69) is 16.3 Å². The van der Waals surface area contributed by atoms with E-state index in [1.165, 1.54) is 0 Å². The smallest absolute Gasteiger partial charge is 0.265 e. The van der Waals surface area contributed by atoms with Crippen LogP contribution in [0.5, 0.6) is 5.75 Å². The van der Waals surface area contributed by atoms with Crippen LogP contribution in [0.4, 0.5) is 11.4 Å². The molecule has 0 aliphatic carbocycles. The fraction of sp³-hybridized carbons (Fsp3) is 0.350. The van der Waals surface area contributed by atoms with Crippen LogP contribution in [-0.4, -0.2) is 38.3 Å². The van der Waals surface area contributed by atoms with Crippen molar-refractivity contribution in [2.24, 2.45) is 0 Å². The largest absolute Gasteiger partial charge is 0.481 e. The van der Waals surface area contributed by atoms with Gasteiger partial charge in [0.2, 0.25) is 0 Å². The first-order valence-corrected chi connectivity index (χ1v) is 9.07. The summed E-state index contributed by atoms with van der Waals surface area (Å²) < 4.78 is 11.1. The van der Waals surface area contributed by atoms with Crippen LogP contribution in [0.1, 0.15) is 12.5 Å². The molecule has 0 bridgehead atoms. The second-order valence-corrected chi connectivity index (χ2v) is 6.74. The fourth-order valence-electron chi connectivity index (χ4n) is 2.84. The van der Waals surface area contributed by atoms with E-state index in [0.717, 1.165) is 43.2 Å². The minimum atomic E-state index is -0.633. The first kappa shape index (κ1) is 18.5. The average Bonchev–Trinajstić information content (AvgIpc) is 2.64. The number of carbonyl (C=O) groups excluding carboxylic acids is 1. The van der Waals surface area contributed by atoms with Crippen molar-refractivity contribution in [3.8, 4) is 5.75 Å². The summed E-state index contributed by atoms with van der Waals surface area (Å²) >= 11 is 5.94. The van der Waals surface area contributed by atoms with Crippen LogP contribution >= 0.6 is 11.6 Å². The highest BCUT2D eigenvalue weighted by atomic mass is 35.5. The number of ether oxygens (including phenoxy) is 2. The van der Waals surface area contributed by atoms with Gasteiger partial charge in [0, 0.05) is 29.5 Å². The fourth-order valence-corrected chi connectivity index (χ4v) is 3.02. The van der Waals surface area contributed by atoms with Crippen molar-refractivity contribution in [3.63, 3.8) is 0 Å². The minimum Gasteiger partial charge on any atom is -0.481 e. The Bertz CT molecular complexity index is 775. The number of aryl methyl sites for hydroxylation is 1. The number of rotatable bonds is 5. The molecule has 5 nitrogen and oxygen atoms in total. The average molecular weight is 375 g/mol. The molecule has 0 spiro atoms. The van der Waals surface area contributed by atoms with E-state index < -0.39 is 6.10 Å². The summed E-state index contributed by atoms with van der Waals surface area (Å²) in [7, 11) is 0. The van der Waals surface area contributed by atoms with Gasteiger partial charge in [-0.1, -0.05) is 17.7 Å². The molecular weight excluding hydrogens is 352 g/mol. The van der Waals surface area contributed by atoms with Gasteiger partial charge >= 0.3 is 0 Å². The van der Waals surface area contributed by atoms with Crippen LogP contribution in [0.25, 0.3) is 0 Å². The predicted octanol–water partition coefficient (Wildman–Crippen LogP) is 3.89. The summed E-state index contributed by atoms with van der Waals surface area (Å²) in [5.74, 6) is 0.367. The van der Waals surface area contributed by atoms with Gasteiger partial charge in [-0.05, 0) is 55.8 Å². The van der Waals surface area contributed by atoms with E-state index in [-0.39, 0.29) is 5.91 Å². The number of benzene rings is 2. The lowest BCUT2D eigenvalue weighted by molar-refractivity contribution is -0.122. The van der Waals surface area contributed by atoms with Gasteiger partial charge in [-0.2, -0.15) is 0 Å². The van der Waals surface area contributed by atoms with Gasteiger partial charge in [0.15, 0.2) is 6.10 Å². The molecule has 0 aromatic heterocycles. The normalized spacial score (nSPS) is 15.4. The van der Waals surface area contributed by atoms with Crippen LogP contribution < -0.4 is 15.0 Å². The Morgan fingerprint density at radius 2 is 2.00 bits per heavy atom. The Balaban J connectivity index is 1.63. The number of amides is 1. The predicted molar refractivity (Wildman–Crippen MR) is 104 cm³/mol. The molecule has 2 aromatic carbocycles. The number of hydrogen-bond donors (Lipinski definition) is 1. The van der Waals surface area contributed by atoms with E-state index in [1.807, 2.05) is 19.1 Å². The molecule has 1 saturated heterocycles. The van der Waals surface area contributed by atoms with Gasteiger partial charge in [-0.15, -0.1) is 0 Å². The molecule has 3 rings (SSSR count). The van der Waals surface area contributed by atoms with E-state index in [4.69, 9.17) is 21.1 Å². The van der Waals surface area contributed by atoms with Crippen LogP contribution in [0.15, 0.2) is 42.5 Å². The van der Waals surface area contributed by atoms with Crippen molar-refractivity contribution in [3.05, 3.63) is 53.1 Å². The minimum absolute atomic E-state index is 0.202. The Hall–Kier alpha value is -2.24. The zero-order valence-electron chi connectivity index (χ0n) is 15.0. The molecule has 1 N–H and O–H groups in total. The standard InChI is InChI=1S/C20H23ClN2O3/c1-14-12-17(23-8-10-25-11-9-23)6-7-19(14)22-20(24)15(2)26-18-5-3-4-16(21)13-18/h3-7,12-13,15H,8-11H2,1-2H3,(H,22,24). The van der Waals surface area contributed by atoms with Gasteiger partial charge in [-0.3, -0.25) is 4.79 Å². The molecule has 1 aliphatic rings. The summed E-state index contributed by atoms with van der Waals surface area (Å²) in [6.45, 7) is 6.97. The number of halogens is 1. The zero-order chi connectivity index (χ0) is 18.5. The van der Waals surface area contributed by atoms with Gasteiger partial charge in [0.25, 0.3) is 5.91 Å². The highest BCUT2D eigenvalue weighted by Gasteiger charge is 2.17. The molecular formula is C20H23ClN2O3. The maximum absolute atomic E-state index is 12.4. The highest BCUT2D eigenvalue weighted by molar-refractivity contribution is 6.30. The number of hydrogen-bond acceptors (Lipinski definition) is 4. The monoisotopic (exact) mass is 374 g/mol. The molecule has 0 saturated carbocycles. The maximum atomic E-state index is 12.4. The molecule has 1 atom stereocenters. The Morgan fingerprint density at radius 1 is 1.23 bits per heavy atom. The van der Waals surface area contributed by atoms with Gasteiger partial charge in [-0.25, -0.2) is 0 Å². The first-order valence-electron chi connectivity index (χ1n) is 8.69. The lowest BCUT2D eigenvalue weighted by Crippen LogP contribution is -2.36. The summed E-state index contributed by atoms with van der Waals surface area (Å²) in [5, 5.41) is 3.51. The summed E-state index contributed by atoms with van der Waals surface area (Å²) in [4.78, 5) is 14.7. The van der Waals surface area contributed by atoms with Gasteiger partial charge in [0.05, 0.1) is 13.2 Å². The maximum Gasteiger partial charge on any atom is 0.265 e. The van der Waals surface area contributed by atoms with Crippen LogP contribution in [-0.2, 0) is 9.53 Å². The first-order chi connectivity index (χ1) is 12.5. The number of nitrogens with one attached hydrogen (secondary N) is 1. The van der Waals surface area contributed by atoms with E-state index >= 15 is 0 Å². The quantitative estimate of drug-likeness (QED) is 0.862. The summed E-state index contributed by atoms with van der Waals surface area (Å²) in [5.41, 5.74) is 2.94. The lowest BCUT2D eigenvalue weighted by Gasteiger charge is -2.29. The summed E-state index contributed by atoms with van der Waals surface area (Å²) in [6.07, 6.45) is -0.633. The third-order valence-corrected chi connectivity index (χ3v) is 4.56. The third kappa shape index (κ3) is 4.68. The van der Waals surface area contributed by atoms with Gasteiger partial charge in [0.1, 0.15) is 5.75 Å². The SMILES string of the molecule is Cc1cc(N2CCOCC2)ccc1NC(=O)C(C)Oc1cccc(Cl)c1. The second-order valence-electron chi connectivity index (χ2n) is 6.31. The van der Waals surface area contributed by atoms with Crippen molar-refractivity contribution in [2.45, 2.75) is 20.0 Å². The molecule has 1 amide bonds. The topological polar surface area (TPSA) is 50.8 Å². The van der Waals surface area contributed by atoms with E-state index in [1.54, 1.807) is 31.2 Å². The van der Waals surface area contributed by atoms with Crippen LogP contribution in [0, 0.1) is 6.92 Å². The third-order valence-electron chi connectivity index (χ3n) is 4.32. The summed E-state index contributed by atoms with van der Waals surface area (Å²) in [6, 6.07) is 13.1. The molecule has 138 valence electrons. The Labute approximate surface area is 158 Å². The van der Waals surface area contributed by atoms with E-state index in [9.17, 15) is 4.79 Å². The van der Waals surface area contributed by atoms with Crippen LogP contribution in [0.3, 0.4) is 0 Å². The molecule has 2 aromatic rings. The second kappa shape index (κ2) is 8.43. The van der Waals surface area contributed by atoms with Crippen LogP contribution in [0.2, 0.25) is 5.02 Å². The zero-order valence-corrected chi connectivity index (χ0v) is 15.8. The Morgan fingerprint density at radius 3 is 2.69 bits per heavy atom. The molecule has 1 fully saturated rings.